The number of hydrogen-bond acceptors (Lipinski definition) is 4. The van der Waals surface area contributed by atoms with Gasteiger partial charge in [-0.05, 0) is 37.3 Å². The Labute approximate surface area is 141 Å². The van der Waals surface area contributed by atoms with E-state index in [1.807, 2.05) is 12.1 Å². The first-order valence-electron chi connectivity index (χ1n) is 8.72. The number of hydrogen-bond donors (Lipinski definition) is 1. The van der Waals surface area contributed by atoms with Gasteiger partial charge in [0.05, 0.1) is 23.1 Å². The van der Waals surface area contributed by atoms with E-state index >= 15 is 0 Å². The van der Waals surface area contributed by atoms with E-state index in [9.17, 15) is 4.79 Å². The summed E-state index contributed by atoms with van der Waals surface area (Å²) < 4.78 is 8.00. The number of primary amides is 1. The van der Waals surface area contributed by atoms with E-state index in [4.69, 9.17) is 15.5 Å². The smallest absolute Gasteiger partial charge is 0.223 e. The number of amides is 1. The molecular weight excluding hydrogens is 304 g/mol. The van der Waals surface area contributed by atoms with E-state index in [1.54, 1.807) is 0 Å². The van der Waals surface area contributed by atoms with Crippen molar-refractivity contribution in [2.24, 2.45) is 24.6 Å². The second kappa shape index (κ2) is 6.09. The van der Waals surface area contributed by atoms with Crippen LogP contribution in [0.4, 0.5) is 5.95 Å². The van der Waals surface area contributed by atoms with Crippen molar-refractivity contribution < 1.29 is 9.53 Å². The summed E-state index contributed by atoms with van der Waals surface area (Å²) in [5.41, 5.74) is 7.72. The molecule has 0 bridgehead atoms. The molecule has 3 heterocycles. The molecule has 2 aliphatic rings. The van der Waals surface area contributed by atoms with Gasteiger partial charge in [0, 0.05) is 26.7 Å². The first kappa shape index (κ1) is 15.4. The van der Waals surface area contributed by atoms with Crippen LogP contribution < -0.4 is 10.6 Å². The largest absolute Gasteiger partial charge is 0.377 e. The second-order valence-corrected chi connectivity index (χ2v) is 6.92. The Morgan fingerprint density at radius 1 is 1.25 bits per heavy atom. The van der Waals surface area contributed by atoms with Crippen LogP contribution in [0, 0.1) is 11.8 Å². The summed E-state index contributed by atoms with van der Waals surface area (Å²) in [6, 6.07) is 8.21. The summed E-state index contributed by atoms with van der Waals surface area (Å²) in [7, 11) is 2.07. The Balaban J connectivity index is 1.47. The topological polar surface area (TPSA) is 73.4 Å². The normalized spacial score (nSPS) is 25.5. The average Bonchev–Trinajstić information content (AvgIpc) is 3.21. The van der Waals surface area contributed by atoms with E-state index in [0.717, 1.165) is 49.3 Å². The van der Waals surface area contributed by atoms with Crippen LogP contribution in [0.1, 0.15) is 19.3 Å². The number of carbonyl (C=O) groups is 1. The van der Waals surface area contributed by atoms with Crippen molar-refractivity contribution in [2.75, 3.05) is 24.6 Å². The minimum Gasteiger partial charge on any atom is -0.377 e. The number of aryl methyl sites for hydroxylation is 1. The number of rotatable bonds is 3. The maximum atomic E-state index is 11.6. The van der Waals surface area contributed by atoms with Gasteiger partial charge in [-0.1, -0.05) is 12.1 Å². The fraction of sp³-hybridized carbons (Fsp3) is 0.556. The lowest BCUT2D eigenvalue weighted by Gasteiger charge is -2.36. The van der Waals surface area contributed by atoms with Crippen LogP contribution in [-0.2, 0) is 16.6 Å². The molecule has 1 amide bonds. The molecule has 2 aromatic rings. The summed E-state index contributed by atoms with van der Waals surface area (Å²) in [6.45, 7) is 2.53. The summed E-state index contributed by atoms with van der Waals surface area (Å²) in [5.74, 6) is 1.11. The highest BCUT2D eigenvalue weighted by molar-refractivity contribution is 5.79. The van der Waals surface area contributed by atoms with Crippen LogP contribution in [-0.4, -0.2) is 41.3 Å². The number of benzene rings is 1. The second-order valence-electron chi connectivity index (χ2n) is 6.92. The molecule has 0 saturated carbocycles. The van der Waals surface area contributed by atoms with Crippen LogP contribution in [0.5, 0.6) is 0 Å². The summed E-state index contributed by atoms with van der Waals surface area (Å²) in [4.78, 5) is 18.7. The molecule has 2 saturated heterocycles. The third-order valence-corrected chi connectivity index (χ3v) is 5.55. The molecule has 128 valence electrons. The van der Waals surface area contributed by atoms with Gasteiger partial charge in [-0.15, -0.1) is 0 Å². The van der Waals surface area contributed by atoms with Crippen molar-refractivity contribution in [3.8, 4) is 0 Å². The molecule has 1 aromatic carbocycles. The molecule has 2 aliphatic heterocycles. The van der Waals surface area contributed by atoms with Crippen LogP contribution in [0.3, 0.4) is 0 Å². The Hall–Kier alpha value is -2.08. The molecule has 4 rings (SSSR count). The highest BCUT2D eigenvalue weighted by Gasteiger charge is 2.39. The molecular formula is C18H24N4O2. The standard InChI is InChI=1S/C18H24N4O2/c1-21-15-5-3-2-4-14(15)20-18(21)22-9-6-12(7-10-22)16-13(17(19)23)8-11-24-16/h2-5,12-13,16H,6-11H2,1H3,(H2,19,23)/t13-,16+/m0/s1. The zero-order chi connectivity index (χ0) is 16.7. The number of carbonyl (C=O) groups excluding carboxylic acids is 1. The third kappa shape index (κ3) is 2.55. The first-order valence-corrected chi connectivity index (χ1v) is 8.72. The molecule has 6 heteroatoms. The number of ether oxygens (including phenoxy) is 1. The SMILES string of the molecule is Cn1c(N2CCC([C@H]3OCC[C@@H]3C(N)=O)CC2)nc2ccccc21. The quantitative estimate of drug-likeness (QED) is 0.930. The van der Waals surface area contributed by atoms with Crippen LogP contribution in [0.15, 0.2) is 24.3 Å². The van der Waals surface area contributed by atoms with E-state index in [2.05, 4.69) is 28.6 Å². The van der Waals surface area contributed by atoms with Crippen molar-refractivity contribution >= 4 is 22.9 Å². The number of anilines is 1. The maximum Gasteiger partial charge on any atom is 0.223 e. The van der Waals surface area contributed by atoms with E-state index in [0.29, 0.717) is 12.5 Å². The van der Waals surface area contributed by atoms with Gasteiger partial charge in [0.1, 0.15) is 0 Å². The van der Waals surface area contributed by atoms with Crippen molar-refractivity contribution in [3.63, 3.8) is 0 Å². The van der Waals surface area contributed by atoms with Gasteiger partial charge in [-0.25, -0.2) is 4.98 Å². The number of nitrogens with two attached hydrogens (primary N) is 1. The van der Waals surface area contributed by atoms with Crippen molar-refractivity contribution in [1.82, 2.24) is 9.55 Å². The van der Waals surface area contributed by atoms with Crippen LogP contribution in [0.25, 0.3) is 11.0 Å². The lowest BCUT2D eigenvalue weighted by molar-refractivity contribution is -0.124. The van der Waals surface area contributed by atoms with E-state index in [1.165, 1.54) is 0 Å². The van der Waals surface area contributed by atoms with Gasteiger partial charge < -0.3 is 19.9 Å². The Morgan fingerprint density at radius 2 is 2.00 bits per heavy atom. The highest BCUT2D eigenvalue weighted by atomic mass is 16.5. The van der Waals surface area contributed by atoms with Gasteiger partial charge in [-0.3, -0.25) is 4.79 Å². The highest BCUT2D eigenvalue weighted by Crippen LogP contribution is 2.34. The van der Waals surface area contributed by atoms with Gasteiger partial charge in [-0.2, -0.15) is 0 Å². The first-order chi connectivity index (χ1) is 11.6. The Morgan fingerprint density at radius 3 is 2.71 bits per heavy atom. The molecule has 2 atom stereocenters. The van der Waals surface area contributed by atoms with Crippen molar-refractivity contribution in [2.45, 2.75) is 25.4 Å². The van der Waals surface area contributed by atoms with Crippen molar-refractivity contribution in [3.05, 3.63) is 24.3 Å². The maximum absolute atomic E-state index is 11.6. The molecule has 0 aliphatic carbocycles. The molecule has 24 heavy (non-hydrogen) atoms. The monoisotopic (exact) mass is 328 g/mol. The molecule has 0 radical (unpaired) electrons. The van der Waals surface area contributed by atoms with E-state index < -0.39 is 0 Å². The fourth-order valence-electron chi connectivity index (χ4n) is 4.22. The molecule has 2 fully saturated rings. The summed E-state index contributed by atoms with van der Waals surface area (Å²) in [6.07, 6.45) is 2.80. The Kier molecular flexibility index (Phi) is 3.92. The van der Waals surface area contributed by atoms with Crippen molar-refractivity contribution in [1.29, 1.82) is 0 Å². The lowest BCUT2D eigenvalue weighted by atomic mass is 9.84. The molecule has 6 nitrogen and oxygen atoms in total. The van der Waals surface area contributed by atoms with Gasteiger partial charge >= 0.3 is 0 Å². The number of imidazole rings is 1. The Bertz CT molecular complexity index is 749. The molecule has 2 N–H and O–H groups in total. The summed E-state index contributed by atoms with van der Waals surface area (Å²) in [5, 5.41) is 0. The number of piperidine rings is 1. The summed E-state index contributed by atoms with van der Waals surface area (Å²) >= 11 is 0. The lowest BCUT2D eigenvalue weighted by Crippen LogP contribution is -2.42. The molecule has 0 spiro atoms. The van der Waals surface area contributed by atoms with Gasteiger partial charge in [0.15, 0.2) is 0 Å². The fourth-order valence-corrected chi connectivity index (χ4v) is 4.22. The molecule has 1 aromatic heterocycles. The minimum atomic E-state index is -0.213. The van der Waals surface area contributed by atoms with E-state index in [-0.39, 0.29) is 17.9 Å². The predicted molar refractivity (Wildman–Crippen MR) is 92.7 cm³/mol. The predicted octanol–water partition coefficient (Wildman–Crippen LogP) is 1.68. The number of nitrogens with zero attached hydrogens (tertiary/aromatic N) is 3. The zero-order valence-corrected chi connectivity index (χ0v) is 14.0. The number of para-hydroxylation sites is 2. The number of fused-ring (bicyclic) bond motifs is 1. The molecule has 0 unspecified atom stereocenters. The van der Waals surface area contributed by atoms with Gasteiger partial charge in [0.2, 0.25) is 11.9 Å². The minimum absolute atomic E-state index is 0.00472. The van der Waals surface area contributed by atoms with Gasteiger partial charge in [0.25, 0.3) is 0 Å². The zero-order valence-electron chi connectivity index (χ0n) is 14.0. The van der Waals surface area contributed by atoms with Crippen LogP contribution >= 0.6 is 0 Å². The third-order valence-electron chi connectivity index (χ3n) is 5.55. The van der Waals surface area contributed by atoms with Crippen LogP contribution in [0.2, 0.25) is 0 Å². The number of aromatic nitrogens is 2. The average molecular weight is 328 g/mol.